The number of nitrogens with two attached hydrogens (primary N) is 1. The molecule has 1 aliphatic heterocycles. The third-order valence-electron chi connectivity index (χ3n) is 3.44. The zero-order chi connectivity index (χ0) is 13.1. The van der Waals surface area contributed by atoms with Gasteiger partial charge in [0.1, 0.15) is 0 Å². The van der Waals surface area contributed by atoms with E-state index < -0.39 is 0 Å². The highest BCUT2D eigenvalue weighted by atomic mass is 35.5. The molecule has 1 aromatic rings. The molecule has 3 atom stereocenters. The minimum Gasteiger partial charge on any atom is -0.377 e. The number of ether oxygens (including phenoxy) is 2. The van der Waals surface area contributed by atoms with E-state index in [2.05, 4.69) is 4.90 Å². The maximum atomic E-state index is 5.99. The normalized spacial score (nSPS) is 26.7. The number of nitrogens with zero attached hydrogens (tertiary/aromatic N) is 1. The average molecular weight is 291 g/mol. The van der Waals surface area contributed by atoms with Crippen LogP contribution in [0, 0.1) is 0 Å². The second kappa shape index (κ2) is 6.32. The quantitative estimate of drug-likeness (QED) is 0.897. The maximum Gasteiger partial charge on any atom is 0.0972 e. The average Bonchev–Trinajstić information content (AvgIpc) is 2.97. The summed E-state index contributed by atoms with van der Waals surface area (Å²) >= 11 is 7.58. The Kier molecular flexibility index (Phi) is 5.00. The van der Waals surface area contributed by atoms with Gasteiger partial charge in [-0.2, -0.15) is 0 Å². The predicted octanol–water partition coefficient (Wildman–Crippen LogP) is 1.75. The Balaban J connectivity index is 2.10. The minimum atomic E-state index is 0.111. The van der Waals surface area contributed by atoms with E-state index >= 15 is 0 Å². The second-order valence-electron chi connectivity index (χ2n) is 4.40. The van der Waals surface area contributed by atoms with Crippen LogP contribution in [0.1, 0.15) is 10.9 Å². The van der Waals surface area contributed by atoms with E-state index in [1.165, 1.54) is 4.88 Å². The Hall–Kier alpha value is -0.170. The summed E-state index contributed by atoms with van der Waals surface area (Å²) in [5.74, 6) is 0. The highest BCUT2D eigenvalue weighted by molar-refractivity contribution is 7.16. The van der Waals surface area contributed by atoms with Crippen LogP contribution in [0.2, 0.25) is 4.34 Å². The first-order valence-corrected chi connectivity index (χ1v) is 7.14. The molecule has 102 valence electrons. The van der Waals surface area contributed by atoms with Gasteiger partial charge in [-0.05, 0) is 12.1 Å². The van der Waals surface area contributed by atoms with Crippen molar-refractivity contribution in [2.45, 2.75) is 18.2 Å². The van der Waals surface area contributed by atoms with Gasteiger partial charge in [-0.1, -0.05) is 11.6 Å². The van der Waals surface area contributed by atoms with Crippen molar-refractivity contribution >= 4 is 22.9 Å². The molecule has 1 fully saturated rings. The molecule has 1 saturated heterocycles. The van der Waals surface area contributed by atoms with Crippen LogP contribution in [-0.4, -0.2) is 51.0 Å². The lowest BCUT2D eigenvalue weighted by Gasteiger charge is -2.25. The van der Waals surface area contributed by atoms with E-state index in [1.807, 2.05) is 12.1 Å². The first-order valence-electron chi connectivity index (χ1n) is 5.94. The predicted molar refractivity (Wildman–Crippen MR) is 74.3 cm³/mol. The molecular weight excluding hydrogens is 272 g/mol. The van der Waals surface area contributed by atoms with Gasteiger partial charge in [-0.15, -0.1) is 11.3 Å². The monoisotopic (exact) mass is 290 g/mol. The standard InChI is InChI=1S/C12H19ClN2O2S/c1-16-9-6-15(7-10(9)17-2)8(5-14)11-3-4-12(13)18-11/h3-4,8-10H,5-7,14H2,1-2H3. The number of hydrogen-bond acceptors (Lipinski definition) is 5. The summed E-state index contributed by atoms with van der Waals surface area (Å²) in [5, 5.41) is 0. The van der Waals surface area contributed by atoms with Crippen LogP contribution in [0.3, 0.4) is 0 Å². The smallest absolute Gasteiger partial charge is 0.0972 e. The molecular formula is C12H19ClN2O2S. The Morgan fingerprint density at radius 2 is 2.00 bits per heavy atom. The number of halogens is 1. The highest BCUT2D eigenvalue weighted by Crippen LogP contribution is 2.32. The van der Waals surface area contributed by atoms with Crippen molar-refractivity contribution in [2.75, 3.05) is 33.9 Å². The van der Waals surface area contributed by atoms with Gasteiger partial charge in [0.2, 0.25) is 0 Å². The van der Waals surface area contributed by atoms with Crippen LogP contribution in [0.25, 0.3) is 0 Å². The first-order chi connectivity index (χ1) is 8.69. The largest absolute Gasteiger partial charge is 0.377 e. The van der Waals surface area contributed by atoms with E-state index in [9.17, 15) is 0 Å². The summed E-state index contributed by atoms with van der Waals surface area (Å²) in [4.78, 5) is 3.51. The van der Waals surface area contributed by atoms with E-state index in [1.54, 1.807) is 25.6 Å². The molecule has 0 aliphatic carbocycles. The number of likely N-dealkylation sites (tertiary alicyclic amines) is 1. The van der Waals surface area contributed by atoms with Gasteiger partial charge < -0.3 is 15.2 Å². The Morgan fingerprint density at radius 1 is 1.39 bits per heavy atom. The maximum absolute atomic E-state index is 5.99. The van der Waals surface area contributed by atoms with Crippen molar-refractivity contribution in [3.63, 3.8) is 0 Å². The first kappa shape index (κ1) is 14.2. The molecule has 0 spiro atoms. The minimum absolute atomic E-state index is 0.111. The molecule has 0 aromatic carbocycles. The third-order valence-corrected chi connectivity index (χ3v) is 4.77. The number of hydrogen-bond donors (Lipinski definition) is 1. The van der Waals surface area contributed by atoms with Gasteiger partial charge in [0.25, 0.3) is 0 Å². The molecule has 2 N–H and O–H groups in total. The lowest BCUT2D eigenvalue weighted by atomic mass is 10.2. The summed E-state index contributed by atoms with van der Waals surface area (Å²) in [6.07, 6.45) is 0.221. The van der Waals surface area contributed by atoms with Crippen LogP contribution < -0.4 is 5.73 Å². The van der Waals surface area contributed by atoms with E-state index in [0.717, 1.165) is 17.4 Å². The molecule has 1 aromatic heterocycles. The molecule has 18 heavy (non-hydrogen) atoms. The number of thiophene rings is 1. The van der Waals surface area contributed by atoms with Crippen LogP contribution in [0.15, 0.2) is 12.1 Å². The Labute approximate surface area is 117 Å². The Morgan fingerprint density at radius 3 is 2.39 bits per heavy atom. The SMILES string of the molecule is COC1CN(C(CN)c2ccc(Cl)s2)CC1OC. The van der Waals surface area contributed by atoms with Gasteiger partial charge in [-0.25, -0.2) is 0 Å². The van der Waals surface area contributed by atoms with Crippen molar-refractivity contribution in [1.82, 2.24) is 4.90 Å². The summed E-state index contributed by atoms with van der Waals surface area (Å²) < 4.78 is 11.7. The van der Waals surface area contributed by atoms with E-state index in [4.69, 9.17) is 26.8 Å². The Bertz CT molecular complexity index is 376. The second-order valence-corrected chi connectivity index (χ2v) is 6.14. The molecule has 4 nitrogen and oxygen atoms in total. The highest BCUT2D eigenvalue weighted by Gasteiger charge is 2.36. The van der Waals surface area contributed by atoms with Crippen molar-refractivity contribution in [3.05, 3.63) is 21.3 Å². The zero-order valence-electron chi connectivity index (χ0n) is 10.6. The molecule has 0 saturated carbocycles. The van der Waals surface area contributed by atoms with Gasteiger partial charge >= 0.3 is 0 Å². The van der Waals surface area contributed by atoms with Crippen molar-refractivity contribution in [2.24, 2.45) is 5.73 Å². The molecule has 2 rings (SSSR count). The summed E-state index contributed by atoms with van der Waals surface area (Å²) in [7, 11) is 3.44. The topological polar surface area (TPSA) is 47.7 Å². The van der Waals surface area contributed by atoms with Crippen molar-refractivity contribution < 1.29 is 9.47 Å². The molecule has 1 aliphatic rings. The zero-order valence-corrected chi connectivity index (χ0v) is 12.2. The van der Waals surface area contributed by atoms with Crippen molar-refractivity contribution in [1.29, 1.82) is 0 Å². The van der Waals surface area contributed by atoms with E-state index in [0.29, 0.717) is 6.54 Å². The lowest BCUT2D eigenvalue weighted by Crippen LogP contribution is -2.32. The number of rotatable bonds is 5. The van der Waals surface area contributed by atoms with Gasteiger partial charge in [0.05, 0.1) is 22.6 Å². The third kappa shape index (κ3) is 2.87. The fourth-order valence-corrected chi connectivity index (χ4v) is 3.64. The van der Waals surface area contributed by atoms with Gasteiger partial charge in [0, 0.05) is 38.7 Å². The fraction of sp³-hybridized carbons (Fsp3) is 0.667. The summed E-state index contributed by atoms with van der Waals surface area (Å²) in [5.41, 5.74) is 5.91. The van der Waals surface area contributed by atoms with Crippen molar-refractivity contribution in [3.8, 4) is 0 Å². The molecule has 6 heteroatoms. The summed E-state index contributed by atoms with van der Waals surface area (Å²) in [6.45, 7) is 2.25. The fourth-order valence-electron chi connectivity index (χ4n) is 2.43. The molecule has 3 unspecified atom stereocenters. The lowest BCUT2D eigenvalue weighted by molar-refractivity contribution is -0.00461. The van der Waals surface area contributed by atoms with Crippen LogP contribution in [-0.2, 0) is 9.47 Å². The number of methoxy groups -OCH3 is 2. The van der Waals surface area contributed by atoms with Crippen LogP contribution in [0.4, 0.5) is 0 Å². The van der Waals surface area contributed by atoms with Gasteiger partial charge in [0.15, 0.2) is 0 Å². The molecule has 0 bridgehead atoms. The van der Waals surface area contributed by atoms with Gasteiger partial charge in [-0.3, -0.25) is 4.90 Å². The van der Waals surface area contributed by atoms with E-state index in [-0.39, 0.29) is 18.2 Å². The summed E-state index contributed by atoms with van der Waals surface area (Å²) in [6, 6.07) is 4.16. The van der Waals surface area contributed by atoms with Crippen LogP contribution in [0.5, 0.6) is 0 Å². The molecule has 0 radical (unpaired) electrons. The molecule has 2 heterocycles. The van der Waals surface area contributed by atoms with Crippen LogP contribution >= 0.6 is 22.9 Å². The molecule has 0 amide bonds.